The molecule has 8 N–H and O–H groups in total. The summed E-state index contributed by atoms with van der Waals surface area (Å²) in [6.45, 7) is 0.546. The highest BCUT2D eigenvalue weighted by Crippen LogP contribution is 2.24. The van der Waals surface area contributed by atoms with Crippen LogP contribution in [-0.2, 0) is 20.8 Å². The molecule has 0 amide bonds. The molecule has 0 fully saturated rings. The molecule has 0 saturated heterocycles. The fourth-order valence-corrected chi connectivity index (χ4v) is 1.61. The van der Waals surface area contributed by atoms with Crippen LogP contribution in [0, 0.1) is 0 Å². The summed E-state index contributed by atoms with van der Waals surface area (Å²) in [7, 11) is 0. The molecule has 10 nitrogen and oxygen atoms in total. The summed E-state index contributed by atoms with van der Waals surface area (Å²) in [5.41, 5.74) is 3.50. The number of aliphatic hydroxyl groups is 1. The number of aliphatic carboxylic acids is 3. The van der Waals surface area contributed by atoms with Crippen molar-refractivity contribution in [1.82, 2.24) is 0 Å². The second-order valence-corrected chi connectivity index (χ2v) is 4.84. The summed E-state index contributed by atoms with van der Waals surface area (Å²) in [6, 6.07) is 4.71. The van der Waals surface area contributed by atoms with Gasteiger partial charge in [0.15, 0.2) is 17.1 Å². The Balaban J connectivity index is 0. The molecule has 142 valence electrons. The largest absolute Gasteiger partial charge is 0.504 e. The number of rotatable bonds is 7. The molecular weight excluding hydrogens is 362 g/mol. The number of carboxylic acid groups (broad SMARTS) is 3. The lowest BCUT2D eigenvalue weighted by Gasteiger charge is -2.18. The highest BCUT2D eigenvalue weighted by molar-refractivity contribution is 5.88. The molecule has 0 bridgehead atoms. The molecule has 0 aliphatic rings. The zero-order valence-electron chi connectivity index (χ0n) is 13.0. The number of aromatic hydroxyl groups is 2. The van der Waals surface area contributed by atoms with E-state index in [-0.39, 0.29) is 23.9 Å². The SMILES string of the molecule is Cl.NCCc1ccc(O)c(O)c1.O=C(O)CC(O)(CC(=O)O)C(=O)O. The topological polar surface area (TPSA) is 199 Å². The van der Waals surface area contributed by atoms with Gasteiger partial charge in [-0.05, 0) is 30.7 Å². The van der Waals surface area contributed by atoms with Gasteiger partial charge in [0.25, 0.3) is 0 Å². The molecule has 0 aliphatic heterocycles. The van der Waals surface area contributed by atoms with Crippen molar-refractivity contribution in [1.29, 1.82) is 0 Å². The lowest BCUT2D eigenvalue weighted by atomic mass is 9.96. The van der Waals surface area contributed by atoms with E-state index in [1.54, 1.807) is 6.07 Å². The van der Waals surface area contributed by atoms with E-state index in [0.29, 0.717) is 13.0 Å². The van der Waals surface area contributed by atoms with Gasteiger partial charge in [0.1, 0.15) is 0 Å². The first-order chi connectivity index (χ1) is 11.0. The van der Waals surface area contributed by atoms with Crippen molar-refractivity contribution in [3.05, 3.63) is 23.8 Å². The lowest BCUT2D eigenvalue weighted by molar-refractivity contribution is -0.170. The second-order valence-electron chi connectivity index (χ2n) is 4.84. The van der Waals surface area contributed by atoms with Crippen LogP contribution in [0.25, 0.3) is 0 Å². The lowest BCUT2D eigenvalue weighted by Crippen LogP contribution is -2.42. The second kappa shape index (κ2) is 11.1. The van der Waals surface area contributed by atoms with Gasteiger partial charge in [-0.1, -0.05) is 6.07 Å². The number of nitrogens with two attached hydrogens (primary N) is 1. The summed E-state index contributed by atoms with van der Waals surface area (Å²) in [4.78, 5) is 30.5. The minimum absolute atomic E-state index is 0. The maximum Gasteiger partial charge on any atom is 0.336 e. The van der Waals surface area contributed by atoms with Gasteiger partial charge in [-0.15, -0.1) is 12.4 Å². The summed E-state index contributed by atoms with van der Waals surface area (Å²) >= 11 is 0. The van der Waals surface area contributed by atoms with Gasteiger partial charge in [0, 0.05) is 0 Å². The molecule has 1 aromatic rings. The predicted octanol–water partition coefficient (Wildman–Crippen LogP) is -0.228. The van der Waals surface area contributed by atoms with Crippen molar-refractivity contribution in [3.63, 3.8) is 0 Å². The molecule has 0 atom stereocenters. The first-order valence-electron chi connectivity index (χ1n) is 6.62. The normalized spacial score (nSPS) is 10.0. The molecular formula is C14H20ClNO9. The number of hydrogen-bond donors (Lipinski definition) is 7. The Morgan fingerprint density at radius 1 is 0.960 bits per heavy atom. The van der Waals surface area contributed by atoms with Crippen LogP contribution >= 0.6 is 12.4 Å². The molecule has 0 spiro atoms. The van der Waals surface area contributed by atoms with Gasteiger partial charge in [-0.25, -0.2) is 4.79 Å². The van der Waals surface area contributed by atoms with E-state index >= 15 is 0 Å². The number of hydrogen-bond acceptors (Lipinski definition) is 7. The van der Waals surface area contributed by atoms with Gasteiger partial charge in [0.05, 0.1) is 12.8 Å². The van der Waals surface area contributed by atoms with E-state index in [2.05, 4.69) is 0 Å². The zero-order valence-corrected chi connectivity index (χ0v) is 13.8. The maximum atomic E-state index is 10.3. The smallest absolute Gasteiger partial charge is 0.336 e. The third kappa shape index (κ3) is 9.35. The Kier molecular flexibility index (Phi) is 10.9. The summed E-state index contributed by atoms with van der Waals surface area (Å²) in [5.74, 6) is -5.20. The highest BCUT2D eigenvalue weighted by atomic mass is 35.5. The van der Waals surface area contributed by atoms with Crippen LogP contribution in [0.15, 0.2) is 18.2 Å². The summed E-state index contributed by atoms with van der Waals surface area (Å²) < 4.78 is 0. The standard InChI is InChI=1S/C8H11NO2.C6H8O7.ClH/c9-4-3-6-1-2-7(10)8(11)5-6;7-3(8)1-6(13,5(11)12)2-4(9)10;/h1-2,5,10-11H,3-4,9H2;13H,1-2H2,(H,7,8)(H,9,10)(H,11,12);1H. The summed E-state index contributed by atoms with van der Waals surface area (Å²) in [6.07, 6.45) is -1.57. The van der Waals surface area contributed by atoms with Gasteiger partial charge in [-0.3, -0.25) is 9.59 Å². The van der Waals surface area contributed by atoms with Crippen molar-refractivity contribution in [2.24, 2.45) is 5.73 Å². The Bertz CT molecular complexity index is 590. The highest BCUT2D eigenvalue weighted by Gasteiger charge is 2.40. The number of carboxylic acids is 3. The number of phenols is 2. The van der Waals surface area contributed by atoms with Gasteiger partial charge >= 0.3 is 17.9 Å². The average Bonchev–Trinajstić information content (AvgIpc) is 2.42. The van der Waals surface area contributed by atoms with Gasteiger partial charge in [0.2, 0.25) is 0 Å². The molecule has 25 heavy (non-hydrogen) atoms. The van der Waals surface area contributed by atoms with E-state index < -0.39 is 36.4 Å². The predicted molar refractivity (Wildman–Crippen MR) is 86.9 cm³/mol. The van der Waals surface area contributed by atoms with Crippen LogP contribution in [0.1, 0.15) is 18.4 Å². The maximum absolute atomic E-state index is 10.3. The van der Waals surface area contributed by atoms with E-state index in [1.807, 2.05) is 0 Å². The molecule has 0 heterocycles. The first-order valence-corrected chi connectivity index (χ1v) is 6.62. The van der Waals surface area contributed by atoms with Crippen LogP contribution in [0.5, 0.6) is 11.5 Å². The first kappa shape index (κ1) is 24.7. The monoisotopic (exact) mass is 381 g/mol. The molecule has 0 saturated carbocycles. The fraction of sp³-hybridized carbons (Fsp3) is 0.357. The fourth-order valence-electron chi connectivity index (χ4n) is 1.61. The van der Waals surface area contributed by atoms with Crippen molar-refractivity contribution in [2.45, 2.75) is 24.9 Å². The zero-order chi connectivity index (χ0) is 18.9. The minimum Gasteiger partial charge on any atom is -0.504 e. The van der Waals surface area contributed by atoms with Crippen molar-refractivity contribution < 1.29 is 45.0 Å². The third-order valence-electron chi connectivity index (χ3n) is 2.76. The van der Waals surface area contributed by atoms with Gasteiger partial charge in [-0.2, -0.15) is 0 Å². The van der Waals surface area contributed by atoms with Crippen LogP contribution in [-0.4, -0.2) is 60.7 Å². The van der Waals surface area contributed by atoms with Crippen LogP contribution in [0.3, 0.4) is 0 Å². The van der Waals surface area contributed by atoms with E-state index in [1.165, 1.54) is 12.1 Å². The van der Waals surface area contributed by atoms with Gasteiger partial charge < -0.3 is 36.4 Å². The Labute approximate surface area is 148 Å². The number of halogens is 1. The van der Waals surface area contributed by atoms with Crippen molar-refractivity contribution in [2.75, 3.05) is 6.54 Å². The average molecular weight is 382 g/mol. The van der Waals surface area contributed by atoms with E-state index in [0.717, 1.165) is 5.56 Å². The van der Waals surface area contributed by atoms with Crippen LogP contribution in [0.4, 0.5) is 0 Å². The van der Waals surface area contributed by atoms with Crippen molar-refractivity contribution >= 4 is 30.3 Å². The molecule has 0 unspecified atom stereocenters. The Morgan fingerprint density at radius 3 is 1.76 bits per heavy atom. The summed E-state index contributed by atoms with van der Waals surface area (Å²) in [5, 5.41) is 51.8. The minimum atomic E-state index is -2.74. The Hall–Kier alpha value is -2.56. The molecule has 1 aromatic carbocycles. The quantitative estimate of drug-likeness (QED) is 0.309. The molecule has 0 aliphatic carbocycles. The third-order valence-corrected chi connectivity index (χ3v) is 2.76. The molecule has 1 rings (SSSR count). The Morgan fingerprint density at radius 2 is 1.44 bits per heavy atom. The number of phenolic OH excluding ortho intramolecular Hbond substituents is 2. The molecule has 0 radical (unpaired) electrons. The molecule has 0 aromatic heterocycles. The van der Waals surface area contributed by atoms with E-state index in [9.17, 15) is 14.4 Å². The number of carbonyl (C=O) groups is 3. The van der Waals surface area contributed by atoms with E-state index in [4.69, 9.17) is 36.4 Å². The van der Waals surface area contributed by atoms with Crippen LogP contribution < -0.4 is 5.73 Å². The van der Waals surface area contributed by atoms with Crippen molar-refractivity contribution in [3.8, 4) is 11.5 Å². The number of benzene rings is 1. The van der Waals surface area contributed by atoms with Crippen LogP contribution in [0.2, 0.25) is 0 Å². The molecule has 11 heteroatoms.